The number of hydrogen-bond donors (Lipinski definition) is 1. The number of rotatable bonds is 1. The van der Waals surface area contributed by atoms with Crippen LogP contribution in [0.4, 0.5) is 0 Å². The number of aliphatic hydroxyl groups is 1. The van der Waals surface area contributed by atoms with Gasteiger partial charge in [0.05, 0.1) is 0 Å². The summed E-state index contributed by atoms with van der Waals surface area (Å²) in [6.07, 6.45) is 2.40. The lowest BCUT2D eigenvalue weighted by molar-refractivity contribution is 0.0592. The normalized spacial score (nSPS) is 30.8. The fraction of sp³-hybridized carbons (Fsp3) is 1.00. The second-order valence-electron chi connectivity index (χ2n) is 3.81. The molecule has 0 aromatic carbocycles. The topological polar surface area (TPSA) is 23.5 Å². The molecule has 12 heavy (non-hydrogen) atoms. The monoisotopic (exact) mass is 173 g/mol. The van der Waals surface area contributed by atoms with Crippen LogP contribution >= 0.6 is 0 Å². The highest BCUT2D eigenvalue weighted by molar-refractivity contribution is 4.81. The average molecular weight is 173 g/mol. The number of aliphatic hydroxyl groups excluding tert-OH is 1. The lowest BCUT2D eigenvalue weighted by Gasteiger charge is -2.37. The predicted molar refractivity (Wildman–Crippen MR) is 53.3 cm³/mol. The molecule has 2 heteroatoms. The first kappa shape index (κ1) is 11.9. The summed E-state index contributed by atoms with van der Waals surface area (Å²) < 4.78 is 0. The quantitative estimate of drug-likeness (QED) is 0.653. The van der Waals surface area contributed by atoms with Crippen molar-refractivity contribution in [3.8, 4) is 0 Å². The summed E-state index contributed by atoms with van der Waals surface area (Å²) in [5.74, 6) is 0. The molecule has 0 aromatic rings. The molecule has 0 aliphatic carbocycles. The van der Waals surface area contributed by atoms with Crippen molar-refractivity contribution in [1.29, 1.82) is 0 Å². The highest BCUT2D eigenvalue weighted by Gasteiger charge is 2.28. The Bertz CT molecular complexity index is 116. The summed E-state index contributed by atoms with van der Waals surface area (Å²) in [5.41, 5.74) is 0.174. The maximum atomic E-state index is 9.04. The molecule has 0 radical (unpaired) electrons. The summed E-state index contributed by atoms with van der Waals surface area (Å²) in [6.45, 7) is 8.72. The molecule has 1 unspecified atom stereocenters. The molecule has 1 N–H and O–H groups in total. The van der Waals surface area contributed by atoms with Crippen LogP contribution in [-0.2, 0) is 0 Å². The highest BCUT2D eigenvalue weighted by Crippen LogP contribution is 2.27. The molecule has 0 bridgehead atoms. The molecule has 74 valence electrons. The zero-order valence-corrected chi connectivity index (χ0v) is 8.93. The van der Waals surface area contributed by atoms with Gasteiger partial charge in [-0.1, -0.05) is 20.8 Å². The van der Waals surface area contributed by atoms with Crippen LogP contribution < -0.4 is 0 Å². The van der Waals surface area contributed by atoms with Gasteiger partial charge in [0.15, 0.2) is 0 Å². The molecule has 2 nitrogen and oxygen atoms in total. The van der Waals surface area contributed by atoms with Gasteiger partial charge in [-0.3, -0.25) is 0 Å². The van der Waals surface area contributed by atoms with E-state index in [1.165, 1.54) is 19.4 Å². The Labute approximate surface area is 76.6 Å². The van der Waals surface area contributed by atoms with Gasteiger partial charge in [-0.2, -0.15) is 0 Å². The summed E-state index contributed by atoms with van der Waals surface area (Å²) in [7, 11) is 2.12. The molecule has 1 atom stereocenters. The highest BCUT2D eigenvalue weighted by atomic mass is 16.3. The van der Waals surface area contributed by atoms with Crippen LogP contribution in [0.15, 0.2) is 0 Å². The van der Waals surface area contributed by atoms with E-state index >= 15 is 0 Å². The van der Waals surface area contributed by atoms with E-state index < -0.39 is 0 Å². The number of likely N-dealkylation sites (tertiary alicyclic amines) is 1. The Balaban J connectivity index is 0.000000561. The number of hydrogen-bond acceptors (Lipinski definition) is 2. The molecule has 1 aliphatic heterocycles. The third-order valence-corrected chi connectivity index (χ3v) is 2.35. The second kappa shape index (κ2) is 5.55. The number of piperidine rings is 1. The summed E-state index contributed by atoms with van der Waals surface area (Å²) in [4.78, 5) is 2.29. The Hall–Kier alpha value is -0.0800. The molecule has 1 rings (SSSR count). The Morgan fingerprint density at radius 2 is 2.00 bits per heavy atom. The van der Waals surface area contributed by atoms with Crippen LogP contribution in [-0.4, -0.2) is 36.8 Å². The van der Waals surface area contributed by atoms with Crippen LogP contribution in [0, 0.1) is 5.41 Å². The summed E-state index contributed by atoms with van der Waals surface area (Å²) in [5, 5.41) is 9.04. The van der Waals surface area contributed by atoms with Gasteiger partial charge < -0.3 is 10.0 Å². The Morgan fingerprint density at radius 3 is 2.33 bits per heavy atom. The molecule has 1 fully saturated rings. The van der Waals surface area contributed by atoms with Crippen molar-refractivity contribution >= 4 is 0 Å². The third kappa shape index (κ3) is 3.55. The van der Waals surface area contributed by atoms with Gasteiger partial charge in [0.2, 0.25) is 0 Å². The molecule has 1 aliphatic rings. The van der Waals surface area contributed by atoms with Crippen molar-refractivity contribution in [1.82, 2.24) is 4.90 Å². The van der Waals surface area contributed by atoms with Crippen molar-refractivity contribution < 1.29 is 5.11 Å². The van der Waals surface area contributed by atoms with Crippen LogP contribution in [0.2, 0.25) is 0 Å². The van der Waals surface area contributed by atoms with Gasteiger partial charge in [0.1, 0.15) is 0 Å². The summed E-state index contributed by atoms with van der Waals surface area (Å²) >= 11 is 0. The maximum Gasteiger partial charge on any atom is 0.0497 e. The predicted octanol–water partition coefficient (Wildman–Crippen LogP) is 1.74. The zero-order valence-electron chi connectivity index (χ0n) is 8.93. The Morgan fingerprint density at radius 1 is 1.42 bits per heavy atom. The van der Waals surface area contributed by atoms with E-state index in [4.69, 9.17) is 5.11 Å². The fourth-order valence-corrected chi connectivity index (χ4v) is 1.71. The van der Waals surface area contributed by atoms with E-state index in [2.05, 4.69) is 18.9 Å². The smallest absolute Gasteiger partial charge is 0.0497 e. The minimum absolute atomic E-state index is 0.174. The van der Waals surface area contributed by atoms with E-state index in [-0.39, 0.29) is 5.41 Å². The standard InChI is InChI=1S/C8H17NO.C2H6/c1-8(7-10)4-3-5-9(2)6-8;1-2/h10H,3-7H2,1-2H3;1-2H3. The van der Waals surface area contributed by atoms with Crippen molar-refractivity contribution in [2.75, 3.05) is 26.7 Å². The minimum atomic E-state index is 0.174. The van der Waals surface area contributed by atoms with Crippen molar-refractivity contribution in [2.45, 2.75) is 33.6 Å². The molecular weight excluding hydrogens is 150 g/mol. The first-order chi connectivity index (χ1) is 5.66. The van der Waals surface area contributed by atoms with Gasteiger partial charge in [-0.25, -0.2) is 0 Å². The van der Waals surface area contributed by atoms with E-state index in [0.717, 1.165) is 6.54 Å². The van der Waals surface area contributed by atoms with Crippen LogP contribution in [0.25, 0.3) is 0 Å². The van der Waals surface area contributed by atoms with Crippen molar-refractivity contribution in [3.63, 3.8) is 0 Å². The molecule has 1 heterocycles. The largest absolute Gasteiger partial charge is 0.396 e. The minimum Gasteiger partial charge on any atom is -0.396 e. The SMILES string of the molecule is CC.CN1CCCC(C)(CO)C1. The molecule has 0 amide bonds. The van der Waals surface area contributed by atoms with E-state index in [1.807, 2.05) is 13.8 Å². The number of nitrogens with zero attached hydrogens (tertiary/aromatic N) is 1. The first-order valence-corrected chi connectivity index (χ1v) is 4.96. The second-order valence-corrected chi connectivity index (χ2v) is 3.81. The lowest BCUT2D eigenvalue weighted by Crippen LogP contribution is -2.41. The fourth-order valence-electron chi connectivity index (χ4n) is 1.71. The van der Waals surface area contributed by atoms with Gasteiger partial charge in [0, 0.05) is 18.6 Å². The van der Waals surface area contributed by atoms with Crippen LogP contribution in [0.5, 0.6) is 0 Å². The molecule has 0 aromatic heterocycles. The van der Waals surface area contributed by atoms with Crippen molar-refractivity contribution in [3.05, 3.63) is 0 Å². The molecular formula is C10H23NO. The Kier molecular flexibility index (Phi) is 5.51. The van der Waals surface area contributed by atoms with E-state index in [9.17, 15) is 0 Å². The van der Waals surface area contributed by atoms with Gasteiger partial charge in [-0.05, 0) is 26.4 Å². The summed E-state index contributed by atoms with van der Waals surface area (Å²) in [6, 6.07) is 0. The maximum absolute atomic E-state index is 9.04. The van der Waals surface area contributed by atoms with Crippen LogP contribution in [0.3, 0.4) is 0 Å². The van der Waals surface area contributed by atoms with Gasteiger partial charge in [-0.15, -0.1) is 0 Å². The van der Waals surface area contributed by atoms with Gasteiger partial charge >= 0.3 is 0 Å². The molecule has 1 saturated heterocycles. The van der Waals surface area contributed by atoms with Crippen LogP contribution in [0.1, 0.15) is 33.6 Å². The third-order valence-electron chi connectivity index (χ3n) is 2.35. The van der Waals surface area contributed by atoms with Crippen molar-refractivity contribution in [2.24, 2.45) is 5.41 Å². The average Bonchev–Trinajstić information content (AvgIpc) is 2.08. The zero-order chi connectivity index (χ0) is 9.61. The van der Waals surface area contributed by atoms with E-state index in [1.54, 1.807) is 0 Å². The molecule has 0 spiro atoms. The van der Waals surface area contributed by atoms with E-state index in [0.29, 0.717) is 6.61 Å². The molecule has 0 saturated carbocycles. The lowest BCUT2D eigenvalue weighted by atomic mass is 9.83. The first-order valence-electron chi connectivity index (χ1n) is 4.96. The van der Waals surface area contributed by atoms with Gasteiger partial charge in [0.25, 0.3) is 0 Å².